The van der Waals surface area contributed by atoms with Crippen LogP contribution >= 0.6 is 11.6 Å². The predicted molar refractivity (Wildman–Crippen MR) is 84.0 cm³/mol. The standard InChI is InChI=1S/C15H21ClN2O2S/c1-3-14-13-8-17-7-11(13)9-18(14)21(19,20)15-6-12(16)5-4-10(15)2/h4-6,11,13-14,17H,3,7-9H2,1-2H3. The first-order chi connectivity index (χ1) is 9.95. The Balaban J connectivity index is 2.00. The van der Waals surface area contributed by atoms with E-state index < -0.39 is 10.0 Å². The molecule has 0 aromatic heterocycles. The van der Waals surface area contributed by atoms with Crippen LogP contribution in [-0.2, 0) is 10.0 Å². The number of aryl methyl sites for hydroxylation is 1. The summed E-state index contributed by atoms with van der Waals surface area (Å²) in [5.41, 5.74) is 0.754. The summed E-state index contributed by atoms with van der Waals surface area (Å²) in [6.07, 6.45) is 0.849. The normalized spacial score (nSPS) is 29.8. The second-order valence-corrected chi connectivity index (χ2v) is 8.34. The van der Waals surface area contributed by atoms with Crippen molar-refractivity contribution in [2.75, 3.05) is 19.6 Å². The number of hydrogen-bond acceptors (Lipinski definition) is 3. The van der Waals surface area contributed by atoms with E-state index in [4.69, 9.17) is 11.6 Å². The summed E-state index contributed by atoms with van der Waals surface area (Å²) in [6, 6.07) is 5.17. The van der Waals surface area contributed by atoms with Crippen molar-refractivity contribution < 1.29 is 8.42 Å². The van der Waals surface area contributed by atoms with Crippen LogP contribution in [0, 0.1) is 18.8 Å². The molecular formula is C15H21ClN2O2S. The molecular weight excluding hydrogens is 308 g/mol. The highest BCUT2D eigenvalue weighted by Crippen LogP contribution is 2.38. The van der Waals surface area contributed by atoms with Crippen molar-refractivity contribution in [2.45, 2.75) is 31.2 Å². The molecule has 1 aromatic rings. The van der Waals surface area contributed by atoms with Crippen molar-refractivity contribution in [3.8, 4) is 0 Å². The number of halogens is 1. The van der Waals surface area contributed by atoms with Crippen LogP contribution in [0.5, 0.6) is 0 Å². The van der Waals surface area contributed by atoms with Gasteiger partial charge in [0.2, 0.25) is 10.0 Å². The molecule has 2 aliphatic rings. The Morgan fingerprint density at radius 2 is 2.14 bits per heavy atom. The summed E-state index contributed by atoms with van der Waals surface area (Å²) in [5, 5.41) is 3.84. The van der Waals surface area contributed by atoms with Gasteiger partial charge in [0, 0.05) is 17.6 Å². The van der Waals surface area contributed by atoms with Gasteiger partial charge in [-0.3, -0.25) is 0 Å². The predicted octanol–water partition coefficient (Wildman–Crippen LogP) is 2.27. The van der Waals surface area contributed by atoms with Crippen molar-refractivity contribution >= 4 is 21.6 Å². The van der Waals surface area contributed by atoms with E-state index in [2.05, 4.69) is 12.2 Å². The van der Waals surface area contributed by atoms with Crippen LogP contribution in [-0.4, -0.2) is 38.4 Å². The van der Waals surface area contributed by atoms with E-state index >= 15 is 0 Å². The molecule has 1 aromatic carbocycles. The molecule has 2 saturated heterocycles. The van der Waals surface area contributed by atoms with Gasteiger partial charge in [0.25, 0.3) is 0 Å². The lowest BCUT2D eigenvalue weighted by atomic mass is 9.93. The first-order valence-corrected chi connectivity index (χ1v) is 9.25. The maximum Gasteiger partial charge on any atom is 0.243 e. The minimum atomic E-state index is -3.47. The quantitative estimate of drug-likeness (QED) is 0.926. The van der Waals surface area contributed by atoms with Crippen LogP contribution in [0.1, 0.15) is 18.9 Å². The SMILES string of the molecule is CCC1C2CNCC2CN1S(=O)(=O)c1cc(Cl)ccc1C. The largest absolute Gasteiger partial charge is 0.316 e. The molecule has 2 fully saturated rings. The lowest BCUT2D eigenvalue weighted by molar-refractivity contribution is 0.329. The Kier molecular flexibility index (Phi) is 4.03. The molecule has 3 atom stereocenters. The first kappa shape index (κ1) is 15.3. The fourth-order valence-corrected chi connectivity index (χ4v) is 6.03. The van der Waals surface area contributed by atoms with Gasteiger partial charge in [0.15, 0.2) is 0 Å². The third kappa shape index (κ3) is 2.50. The number of rotatable bonds is 3. The highest BCUT2D eigenvalue weighted by atomic mass is 35.5. The van der Waals surface area contributed by atoms with Crippen molar-refractivity contribution in [3.05, 3.63) is 28.8 Å². The number of nitrogens with zero attached hydrogens (tertiary/aromatic N) is 1. The maximum absolute atomic E-state index is 13.1. The van der Waals surface area contributed by atoms with Crippen LogP contribution in [0.2, 0.25) is 5.02 Å². The van der Waals surface area contributed by atoms with Gasteiger partial charge in [-0.25, -0.2) is 8.42 Å². The molecule has 0 aliphatic carbocycles. The van der Waals surface area contributed by atoms with Gasteiger partial charge >= 0.3 is 0 Å². The average molecular weight is 329 g/mol. The molecule has 2 heterocycles. The summed E-state index contributed by atoms with van der Waals surface area (Å²) in [6.45, 7) is 6.34. The van der Waals surface area contributed by atoms with Gasteiger partial charge in [0.1, 0.15) is 0 Å². The Labute approximate surface area is 131 Å². The molecule has 0 saturated carbocycles. The van der Waals surface area contributed by atoms with E-state index in [-0.39, 0.29) is 6.04 Å². The molecule has 116 valence electrons. The van der Waals surface area contributed by atoms with Gasteiger partial charge in [0.05, 0.1) is 4.90 Å². The molecule has 4 nitrogen and oxygen atoms in total. The Morgan fingerprint density at radius 3 is 2.86 bits per heavy atom. The molecule has 21 heavy (non-hydrogen) atoms. The van der Waals surface area contributed by atoms with Gasteiger partial charge in [-0.15, -0.1) is 0 Å². The molecule has 0 spiro atoms. The summed E-state index contributed by atoms with van der Waals surface area (Å²) < 4.78 is 27.8. The highest BCUT2D eigenvalue weighted by Gasteiger charge is 2.48. The number of fused-ring (bicyclic) bond motifs is 1. The molecule has 2 aliphatic heterocycles. The average Bonchev–Trinajstić information content (AvgIpc) is 3.01. The van der Waals surface area contributed by atoms with Crippen LogP contribution in [0.3, 0.4) is 0 Å². The van der Waals surface area contributed by atoms with Crippen molar-refractivity contribution in [3.63, 3.8) is 0 Å². The van der Waals surface area contributed by atoms with Crippen LogP contribution in [0.15, 0.2) is 23.1 Å². The van der Waals surface area contributed by atoms with E-state index in [1.54, 1.807) is 22.5 Å². The number of hydrogen-bond donors (Lipinski definition) is 1. The van der Waals surface area contributed by atoms with E-state index in [1.807, 2.05) is 6.92 Å². The molecule has 3 unspecified atom stereocenters. The first-order valence-electron chi connectivity index (χ1n) is 7.44. The molecule has 0 radical (unpaired) electrons. The number of nitrogens with one attached hydrogen (secondary N) is 1. The smallest absolute Gasteiger partial charge is 0.243 e. The van der Waals surface area contributed by atoms with Crippen LogP contribution in [0.4, 0.5) is 0 Å². The zero-order valence-electron chi connectivity index (χ0n) is 12.3. The van der Waals surface area contributed by atoms with E-state index in [0.29, 0.717) is 28.3 Å². The maximum atomic E-state index is 13.1. The summed E-state index contributed by atoms with van der Waals surface area (Å²) >= 11 is 6.00. The third-order valence-corrected chi connectivity index (χ3v) is 7.09. The van der Waals surface area contributed by atoms with Gasteiger partial charge in [-0.05, 0) is 56.0 Å². The Hall–Kier alpha value is -0.620. The van der Waals surface area contributed by atoms with Crippen molar-refractivity contribution in [1.82, 2.24) is 9.62 Å². The zero-order chi connectivity index (χ0) is 15.2. The fraction of sp³-hybridized carbons (Fsp3) is 0.600. The van der Waals surface area contributed by atoms with E-state index in [0.717, 1.165) is 25.1 Å². The van der Waals surface area contributed by atoms with E-state index in [9.17, 15) is 8.42 Å². The van der Waals surface area contributed by atoms with Crippen LogP contribution < -0.4 is 5.32 Å². The monoisotopic (exact) mass is 328 g/mol. The molecule has 0 amide bonds. The van der Waals surface area contributed by atoms with Crippen molar-refractivity contribution in [2.24, 2.45) is 11.8 Å². The topological polar surface area (TPSA) is 49.4 Å². The van der Waals surface area contributed by atoms with Gasteiger partial charge in [-0.2, -0.15) is 4.31 Å². The van der Waals surface area contributed by atoms with Gasteiger partial charge < -0.3 is 5.32 Å². The molecule has 3 rings (SSSR count). The minimum absolute atomic E-state index is 0.0911. The van der Waals surface area contributed by atoms with Gasteiger partial charge in [-0.1, -0.05) is 24.6 Å². The summed E-state index contributed by atoms with van der Waals surface area (Å²) in [4.78, 5) is 0.349. The number of benzene rings is 1. The number of sulfonamides is 1. The van der Waals surface area contributed by atoms with Crippen molar-refractivity contribution in [1.29, 1.82) is 0 Å². The summed E-state index contributed by atoms with van der Waals surface area (Å²) in [5.74, 6) is 0.869. The lowest BCUT2D eigenvalue weighted by Crippen LogP contribution is -2.39. The second-order valence-electron chi connectivity index (χ2n) is 6.04. The molecule has 0 bridgehead atoms. The second kappa shape index (κ2) is 5.54. The Morgan fingerprint density at radius 1 is 1.38 bits per heavy atom. The lowest BCUT2D eigenvalue weighted by Gasteiger charge is -2.27. The molecule has 1 N–H and O–H groups in total. The fourth-order valence-electron chi connectivity index (χ4n) is 3.74. The van der Waals surface area contributed by atoms with E-state index in [1.165, 1.54) is 0 Å². The third-order valence-electron chi connectivity index (χ3n) is 4.83. The minimum Gasteiger partial charge on any atom is -0.316 e. The highest BCUT2D eigenvalue weighted by molar-refractivity contribution is 7.89. The zero-order valence-corrected chi connectivity index (χ0v) is 13.9. The molecule has 6 heteroatoms. The Bertz CT molecular complexity index is 647. The summed E-state index contributed by atoms with van der Waals surface area (Å²) in [7, 11) is -3.47. The van der Waals surface area contributed by atoms with Crippen LogP contribution in [0.25, 0.3) is 0 Å².